The van der Waals surface area contributed by atoms with Gasteiger partial charge in [-0.2, -0.15) is 0 Å². The molecule has 3 aromatic rings. The molecule has 0 aliphatic rings. The molecule has 0 spiro atoms. The quantitative estimate of drug-likeness (QED) is 0.565. The van der Waals surface area contributed by atoms with Gasteiger partial charge in [-0.25, -0.2) is 0 Å². The molecule has 0 atom stereocenters. The number of benzene rings is 2. The minimum absolute atomic E-state index is 0.152. The van der Waals surface area contributed by atoms with Gasteiger partial charge in [-0.05, 0) is 24.3 Å². The van der Waals surface area contributed by atoms with Gasteiger partial charge in [0.2, 0.25) is 5.88 Å². The Morgan fingerprint density at radius 3 is 2.70 bits per heavy atom. The van der Waals surface area contributed by atoms with E-state index in [4.69, 9.17) is 4.74 Å². The van der Waals surface area contributed by atoms with E-state index in [1.54, 1.807) is 18.2 Å². The molecule has 2 N–H and O–H groups in total. The summed E-state index contributed by atoms with van der Waals surface area (Å²) in [6.45, 7) is 0.160. The second-order valence-electron chi connectivity index (χ2n) is 4.93. The van der Waals surface area contributed by atoms with Crippen molar-refractivity contribution in [3.63, 3.8) is 0 Å². The molecule has 0 aliphatic heterocycles. The van der Waals surface area contributed by atoms with Gasteiger partial charge >= 0.3 is 0 Å². The third-order valence-corrected chi connectivity index (χ3v) is 3.54. The van der Waals surface area contributed by atoms with E-state index in [0.717, 1.165) is 6.07 Å². The Hall–Kier alpha value is -3.29. The average molecular weight is 315 g/mol. The predicted octanol–water partition coefficient (Wildman–Crippen LogP) is 2.41. The lowest BCUT2D eigenvalue weighted by Gasteiger charge is -2.06. The third kappa shape index (κ3) is 2.61. The maximum Gasteiger partial charge on any atom is 0.273 e. The van der Waals surface area contributed by atoms with Gasteiger partial charge < -0.3 is 14.9 Å². The molecule has 0 radical (unpaired) electrons. The van der Waals surface area contributed by atoms with Crippen molar-refractivity contribution in [1.29, 1.82) is 0 Å². The van der Waals surface area contributed by atoms with Crippen molar-refractivity contribution in [2.24, 2.45) is 0 Å². The molecule has 118 valence electrons. The summed E-state index contributed by atoms with van der Waals surface area (Å²) in [6.07, 6.45) is 0. The third-order valence-electron chi connectivity index (χ3n) is 3.54. The van der Waals surface area contributed by atoms with Crippen molar-refractivity contribution < 1.29 is 19.9 Å². The number of nitro groups is 1. The van der Waals surface area contributed by atoms with E-state index >= 15 is 0 Å². The van der Waals surface area contributed by atoms with Crippen LogP contribution < -0.4 is 4.74 Å². The van der Waals surface area contributed by atoms with E-state index in [2.05, 4.69) is 5.10 Å². The molecule has 0 fully saturated rings. The summed E-state index contributed by atoms with van der Waals surface area (Å²) in [7, 11) is 1.53. The first-order valence-corrected chi connectivity index (χ1v) is 6.69. The van der Waals surface area contributed by atoms with Gasteiger partial charge in [0.15, 0.2) is 0 Å². The normalized spacial score (nSPS) is 10.8. The van der Waals surface area contributed by atoms with E-state index in [9.17, 15) is 20.3 Å². The highest BCUT2D eigenvalue weighted by molar-refractivity contribution is 5.85. The SMILES string of the molecule is COc1ccc2c(c1)c(O)nn2Cc1ccc([N+](=O)[O-])cc1O. The molecule has 8 heteroatoms. The number of phenolic OH excluding ortho intramolecular Hbond substituents is 1. The Balaban J connectivity index is 2.00. The smallest absolute Gasteiger partial charge is 0.273 e. The molecule has 0 bridgehead atoms. The second-order valence-corrected chi connectivity index (χ2v) is 4.93. The number of nitro benzene ring substituents is 1. The van der Waals surface area contributed by atoms with Gasteiger partial charge in [0.05, 0.1) is 35.5 Å². The molecule has 0 aliphatic carbocycles. The van der Waals surface area contributed by atoms with E-state index in [1.165, 1.54) is 23.9 Å². The molecule has 8 nitrogen and oxygen atoms in total. The molecule has 1 heterocycles. The fourth-order valence-electron chi connectivity index (χ4n) is 2.35. The molecule has 2 aromatic carbocycles. The van der Waals surface area contributed by atoms with Gasteiger partial charge in [-0.1, -0.05) is 0 Å². The Labute approximate surface area is 130 Å². The summed E-state index contributed by atoms with van der Waals surface area (Å²) in [4.78, 5) is 10.1. The summed E-state index contributed by atoms with van der Waals surface area (Å²) in [5.41, 5.74) is 0.918. The fraction of sp³-hybridized carbons (Fsp3) is 0.133. The van der Waals surface area contributed by atoms with Crippen LogP contribution in [0.1, 0.15) is 5.56 Å². The van der Waals surface area contributed by atoms with E-state index in [0.29, 0.717) is 22.2 Å². The Kier molecular flexibility index (Phi) is 3.49. The highest BCUT2D eigenvalue weighted by Crippen LogP contribution is 2.30. The molecule has 0 saturated heterocycles. The summed E-state index contributed by atoms with van der Waals surface area (Å²) >= 11 is 0. The van der Waals surface area contributed by atoms with Crippen LogP contribution in [0.15, 0.2) is 36.4 Å². The van der Waals surface area contributed by atoms with Gasteiger partial charge in [0.25, 0.3) is 5.69 Å². The van der Waals surface area contributed by atoms with Crippen LogP contribution in [-0.4, -0.2) is 32.0 Å². The van der Waals surface area contributed by atoms with Crippen LogP contribution in [0.3, 0.4) is 0 Å². The van der Waals surface area contributed by atoms with Crippen LogP contribution in [0.2, 0.25) is 0 Å². The van der Waals surface area contributed by atoms with E-state index in [1.807, 2.05) is 0 Å². The highest BCUT2D eigenvalue weighted by atomic mass is 16.6. The van der Waals surface area contributed by atoms with Crippen LogP contribution in [-0.2, 0) is 6.54 Å². The first-order chi connectivity index (χ1) is 11.0. The number of hydrogen-bond acceptors (Lipinski definition) is 6. The lowest BCUT2D eigenvalue weighted by atomic mass is 10.1. The first-order valence-electron chi connectivity index (χ1n) is 6.69. The van der Waals surface area contributed by atoms with Crippen molar-refractivity contribution in [1.82, 2.24) is 9.78 Å². The molecular formula is C15H13N3O5. The van der Waals surface area contributed by atoms with Crippen molar-refractivity contribution >= 4 is 16.6 Å². The zero-order chi connectivity index (χ0) is 16.6. The summed E-state index contributed by atoms with van der Waals surface area (Å²) in [5, 5.41) is 35.1. The van der Waals surface area contributed by atoms with Crippen LogP contribution >= 0.6 is 0 Å². The zero-order valence-electron chi connectivity index (χ0n) is 12.1. The molecule has 3 rings (SSSR count). The minimum atomic E-state index is -0.578. The molecule has 1 aromatic heterocycles. The summed E-state index contributed by atoms with van der Waals surface area (Å²) < 4.78 is 6.61. The number of non-ortho nitro benzene ring substituents is 1. The monoisotopic (exact) mass is 315 g/mol. The van der Waals surface area contributed by atoms with Crippen LogP contribution in [0, 0.1) is 10.1 Å². The van der Waals surface area contributed by atoms with Crippen molar-refractivity contribution in [2.75, 3.05) is 7.11 Å². The Morgan fingerprint density at radius 2 is 2.04 bits per heavy atom. The number of ether oxygens (including phenoxy) is 1. The predicted molar refractivity (Wildman–Crippen MR) is 81.8 cm³/mol. The lowest BCUT2D eigenvalue weighted by Crippen LogP contribution is -2.02. The molecule has 0 amide bonds. The number of aromatic nitrogens is 2. The molecule has 0 saturated carbocycles. The molecule has 0 unspecified atom stereocenters. The summed E-state index contributed by atoms with van der Waals surface area (Å²) in [6, 6.07) is 8.98. The fourth-order valence-corrected chi connectivity index (χ4v) is 2.35. The number of rotatable bonds is 4. The molecule has 23 heavy (non-hydrogen) atoms. The highest BCUT2D eigenvalue weighted by Gasteiger charge is 2.14. The van der Waals surface area contributed by atoms with Crippen LogP contribution in [0.5, 0.6) is 17.4 Å². The second kappa shape index (κ2) is 5.48. The Morgan fingerprint density at radius 1 is 1.26 bits per heavy atom. The largest absolute Gasteiger partial charge is 0.507 e. The topological polar surface area (TPSA) is 111 Å². The maximum atomic E-state index is 10.7. The Bertz CT molecular complexity index is 904. The van der Waals surface area contributed by atoms with Crippen LogP contribution in [0.4, 0.5) is 5.69 Å². The van der Waals surface area contributed by atoms with Gasteiger partial charge in [-0.15, -0.1) is 5.10 Å². The number of nitrogens with zero attached hydrogens (tertiary/aromatic N) is 3. The van der Waals surface area contributed by atoms with E-state index in [-0.39, 0.29) is 23.9 Å². The standard InChI is InChI=1S/C15H13N3O5/c1-23-11-4-5-13-12(7-11)15(20)16-17(13)8-9-2-3-10(18(21)22)6-14(9)19/h2-7,19H,8H2,1H3,(H,16,20). The minimum Gasteiger partial charge on any atom is -0.507 e. The first kappa shape index (κ1) is 14.6. The average Bonchev–Trinajstić information content (AvgIpc) is 2.84. The van der Waals surface area contributed by atoms with E-state index < -0.39 is 4.92 Å². The maximum absolute atomic E-state index is 10.7. The van der Waals surface area contributed by atoms with Gasteiger partial charge in [-0.3, -0.25) is 14.8 Å². The number of fused-ring (bicyclic) bond motifs is 1. The number of phenols is 1. The number of aromatic hydroxyl groups is 2. The number of methoxy groups -OCH3 is 1. The summed E-state index contributed by atoms with van der Waals surface area (Å²) in [5.74, 6) is 0.238. The van der Waals surface area contributed by atoms with Crippen LogP contribution in [0.25, 0.3) is 10.9 Å². The zero-order valence-corrected chi connectivity index (χ0v) is 12.1. The number of hydrogen-bond donors (Lipinski definition) is 2. The lowest BCUT2D eigenvalue weighted by molar-refractivity contribution is -0.384. The van der Waals surface area contributed by atoms with Crippen molar-refractivity contribution in [3.05, 3.63) is 52.1 Å². The van der Waals surface area contributed by atoms with Crippen molar-refractivity contribution in [2.45, 2.75) is 6.54 Å². The van der Waals surface area contributed by atoms with Gasteiger partial charge in [0.1, 0.15) is 11.5 Å². The molecular weight excluding hydrogens is 302 g/mol. The van der Waals surface area contributed by atoms with Crippen molar-refractivity contribution in [3.8, 4) is 17.4 Å². The van der Waals surface area contributed by atoms with Gasteiger partial charge in [0, 0.05) is 11.6 Å².